The van der Waals surface area contributed by atoms with E-state index in [2.05, 4.69) is 44.2 Å². The summed E-state index contributed by atoms with van der Waals surface area (Å²) in [7, 11) is 0. The van der Waals surface area contributed by atoms with Crippen LogP contribution in [0.15, 0.2) is 30.3 Å². The van der Waals surface area contributed by atoms with E-state index in [0.717, 1.165) is 6.42 Å². The summed E-state index contributed by atoms with van der Waals surface area (Å²) < 4.78 is 0. The molecule has 0 saturated carbocycles. The predicted molar refractivity (Wildman–Crippen MR) is 73.1 cm³/mol. The van der Waals surface area contributed by atoms with Gasteiger partial charge in [-0.25, -0.2) is 0 Å². The van der Waals surface area contributed by atoms with E-state index >= 15 is 0 Å². The van der Waals surface area contributed by atoms with Crippen molar-refractivity contribution in [2.75, 3.05) is 0 Å². The van der Waals surface area contributed by atoms with Crippen molar-refractivity contribution >= 4 is 11.6 Å². The molecule has 0 amide bonds. The van der Waals surface area contributed by atoms with Gasteiger partial charge in [0, 0.05) is 5.38 Å². The zero-order valence-electron chi connectivity index (χ0n) is 10.5. The van der Waals surface area contributed by atoms with Crippen LogP contribution in [0.1, 0.15) is 45.1 Å². The Morgan fingerprint density at radius 1 is 1.00 bits per heavy atom. The minimum absolute atomic E-state index is 0.358. The van der Waals surface area contributed by atoms with E-state index in [4.69, 9.17) is 11.6 Å². The van der Waals surface area contributed by atoms with Crippen molar-refractivity contribution in [1.82, 2.24) is 0 Å². The second-order valence-corrected chi connectivity index (χ2v) is 5.41. The Morgan fingerprint density at radius 2 is 1.69 bits per heavy atom. The number of aryl methyl sites for hydroxylation is 1. The fraction of sp³-hybridized carbons (Fsp3) is 0.600. The molecule has 0 radical (unpaired) electrons. The molecular weight excluding hydrogens is 216 g/mol. The number of alkyl halides is 1. The number of halogens is 1. The van der Waals surface area contributed by atoms with Gasteiger partial charge in [0.15, 0.2) is 0 Å². The first-order chi connectivity index (χ1) is 7.70. The summed E-state index contributed by atoms with van der Waals surface area (Å²) in [5.74, 6) is 0.607. The predicted octanol–water partition coefficient (Wildman–Crippen LogP) is 5.05. The molecule has 0 aliphatic carbocycles. The molecule has 0 spiro atoms. The lowest BCUT2D eigenvalue weighted by atomic mass is 10.0. The zero-order chi connectivity index (χ0) is 11.8. The molecule has 0 fully saturated rings. The number of rotatable bonds is 7. The van der Waals surface area contributed by atoms with E-state index < -0.39 is 0 Å². The fourth-order valence-corrected chi connectivity index (χ4v) is 1.98. The first kappa shape index (κ1) is 13.6. The van der Waals surface area contributed by atoms with Crippen molar-refractivity contribution in [3.63, 3.8) is 0 Å². The van der Waals surface area contributed by atoms with Crippen molar-refractivity contribution in [2.45, 2.75) is 51.3 Å². The smallest absolute Gasteiger partial charge is 0.0359 e. The first-order valence-corrected chi connectivity index (χ1v) is 6.82. The molecule has 1 rings (SSSR count). The Labute approximate surface area is 105 Å². The summed E-state index contributed by atoms with van der Waals surface area (Å²) in [5.41, 5.74) is 1.45. The molecule has 16 heavy (non-hydrogen) atoms. The second kappa shape index (κ2) is 7.73. The first-order valence-electron chi connectivity index (χ1n) is 6.38. The topological polar surface area (TPSA) is 0 Å². The molecule has 0 N–H and O–H groups in total. The number of unbranched alkanes of at least 4 members (excludes halogenated alkanes) is 2. The second-order valence-electron chi connectivity index (χ2n) is 4.84. The van der Waals surface area contributed by atoms with Gasteiger partial charge < -0.3 is 0 Å². The maximum absolute atomic E-state index is 6.21. The molecule has 0 bridgehead atoms. The molecule has 1 heteroatoms. The highest BCUT2D eigenvalue weighted by atomic mass is 35.5. The van der Waals surface area contributed by atoms with Gasteiger partial charge in [0.25, 0.3) is 0 Å². The van der Waals surface area contributed by atoms with Gasteiger partial charge in [-0.05, 0) is 30.7 Å². The Morgan fingerprint density at radius 3 is 2.31 bits per heavy atom. The summed E-state index contributed by atoms with van der Waals surface area (Å²) in [6.45, 7) is 4.39. The zero-order valence-corrected chi connectivity index (χ0v) is 11.2. The summed E-state index contributed by atoms with van der Waals surface area (Å²) >= 11 is 6.21. The van der Waals surface area contributed by atoms with Crippen LogP contribution in [0.5, 0.6) is 0 Å². The van der Waals surface area contributed by atoms with Gasteiger partial charge in [0.1, 0.15) is 0 Å². The average molecular weight is 239 g/mol. The molecule has 0 aromatic heterocycles. The third-order valence-electron chi connectivity index (χ3n) is 3.01. The Hall–Kier alpha value is -0.490. The minimum atomic E-state index is 0.358. The Balaban J connectivity index is 2.04. The summed E-state index contributed by atoms with van der Waals surface area (Å²) in [6, 6.07) is 10.7. The molecule has 1 aromatic carbocycles. The van der Waals surface area contributed by atoms with Crippen molar-refractivity contribution in [3.05, 3.63) is 35.9 Å². The van der Waals surface area contributed by atoms with Crippen LogP contribution in [-0.4, -0.2) is 5.38 Å². The van der Waals surface area contributed by atoms with Gasteiger partial charge in [-0.15, -0.1) is 11.6 Å². The number of hydrogen-bond acceptors (Lipinski definition) is 0. The van der Waals surface area contributed by atoms with Crippen molar-refractivity contribution in [3.8, 4) is 0 Å². The van der Waals surface area contributed by atoms with E-state index in [-0.39, 0.29) is 0 Å². The molecule has 1 aromatic rings. The van der Waals surface area contributed by atoms with Gasteiger partial charge in [-0.3, -0.25) is 0 Å². The molecule has 0 saturated heterocycles. The maximum Gasteiger partial charge on any atom is 0.0359 e. The van der Waals surface area contributed by atoms with Crippen LogP contribution in [0.4, 0.5) is 0 Å². The van der Waals surface area contributed by atoms with Crippen LogP contribution in [0.3, 0.4) is 0 Å². The van der Waals surface area contributed by atoms with E-state index in [1.54, 1.807) is 0 Å². The van der Waals surface area contributed by atoms with E-state index in [0.29, 0.717) is 11.3 Å². The normalized spacial score (nSPS) is 13.0. The van der Waals surface area contributed by atoms with Crippen LogP contribution < -0.4 is 0 Å². The lowest BCUT2D eigenvalue weighted by Crippen LogP contribution is -2.07. The van der Waals surface area contributed by atoms with E-state index in [9.17, 15) is 0 Å². The van der Waals surface area contributed by atoms with Gasteiger partial charge in [0.2, 0.25) is 0 Å². The summed E-state index contributed by atoms with van der Waals surface area (Å²) in [5, 5.41) is 0.358. The van der Waals surface area contributed by atoms with Crippen molar-refractivity contribution < 1.29 is 0 Å². The summed E-state index contributed by atoms with van der Waals surface area (Å²) in [4.78, 5) is 0. The molecule has 1 atom stereocenters. The van der Waals surface area contributed by atoms with E-state index in [1.807, 2.05) is 0 Å². The Kier molecular flexibility index (Phi) is 6.56. The van der Waals surface area contributed by atoms with Crippen molar-refractivity contribution in [2.24, 2.45) is 5.92 Å². The highest BCUT2D eigenvalue weighted by molar-refractivity contribution is 6.20. The molecular formula is C15H23Cl. The van der Waals surface area contributed by atoms with Crippen LogP contribution in [0.25, 0.3) is 0 Å². The quantitative estimate of drug-likeness (QED) is 0.461. The van der Waals surface area contributed by atoms with Crippen LogP contribution in [-0.2, 0) is 6.42 Å². The van der Waals surface area contributed by atoms with Gasteiger partial charge in [-0.2, -0.15) is 0 Å². The molecule has 0 heterocycles. The maximum atomic E-state index is 6.21. The third kappa shape index (κ3) is 5.55. The molecule has 0 nitrogen and oxygen atoms in total. The molecule has 0 aliphatic heterocycles. The minimum Gasteiger partial charge on any atom is -0.123 e. The molecule has 1 unspecified atom stereocenters. The van der Waals surface area contributed by atoms with Crippen LogP contribution >= 0.6 is 11.6 Å². The van der Waals surface area contributed by atoms with Crippen LogP contribution in [0, 0.1) is 5.92 Å². The van der Waals surface area contributed by atoms with Gasteiger partial charge in [0.05, 0.1) is 0 Å². The fourth-order valence-electron chi connectivity index (χ4n) is 1.82. The van der Waals surface area contributed by atoms with Gasteiger partial charge in [-0.1, -0.05) is 57.0 Å². The standard InChI is InChI=1S/C15H23Cl/c1-13(2)15(16)12-8-4-7-11-14-9-5-3-6-10-14/h3,5-6,9-10,13,15H,4,7-8,11-12H2,1-2H3. The SMILES string of the molecule is CC(C)C(Cl)CCCCCc1ccccc1. The third-order valence-corrected chi connectivity index (χ3v) is 3.73. The van der Waals surface area contributed by atoms with Crippen LogP contribution in [0.2, 0.25) is 0 Å². The highest BCUT2D eigenvalue weighted by Gasteiger charge is 2.08. The summed E-state index contributed by atoms with van der Waals surface area (Å²) in [6.07, 6.45) is 6.21. The molecule has 90 valence electrons. The van der Waals surface area contributed by atoms with Crippen molar-refractivity contribution in [1.29, 1.82) is 0 Å². The Bertz CT molecular complexity index is 266. The largest absolute Gasteiger partial charge is 0.123 e. The monoisotopic (exact) mass is 238 g/mol. The lowest BCUT2D eigenvalue weighted by Gasteiger charge is -2.12. The highest BCUT2D eigenvalue weighted by Crippen LogP contribution is 2.17. The number of benzene rings is 1. The van der Waals surface area contributed by atoms with E-state index in [1.165, 1.54) is 31.2 Å². The average Bonchev–Trinajstić information content (AvgIpc) is 2.29. The lowest BCUT2D eigenvalue weighted by molar-refractivity contribution is 0.528. The number of hydrogen-bond donors (Lipinski definition) is 0. The molecule has 0 aliphatic rings. The van der Waals surface area contributed by atoms with Gasteiger partial charge >= 0.3 is 0 Å².